The zero-order chi connectivity index (χ0) is 16.9. The Morgan fingerprint density at radius 2 is 2.00 bits per heavy atom. The summed E-state index contributed by atoms with van der Waals surface area (Å²) in [4.78, 5) is 3.88. The van der Waals surface area contributed by atoms with Crippen molar-refractivity contribution in [3.05, 3.63) is 35.9 Å². The Kier molecular flexibility index (Phi) is 6.12. The number of quaternary nitrogens is 1. The lowest BCUT2D eigenvalue weighted by Crippen LogP contribution is -3.05. The first kappa shape index (κ1) is 17.7. The summed E-state index contributed by atoms with van der Waals surface area (Å²) < 4.78 is 0. The average molecular weight is 347 g/mol. The largest absolute Gasteiger partial charge is 0.360 e. The number of nitrogens with zero attached hydrogens (tertiary/aromatic N) is 1. The molecular weight excluding hydrogens is 314 g/mol. The SMILES string of the molecule is C[NH+](C)CCCN(Cc1ccccc1)C(=S)N[C@@H]1C[C@@H]2CC[C@@H]1C2. The van der Waals surface area contributed by atoms with E-state index in [0.717, 1.165) is 30.0 Å². The molecule has 0 aliphatic heterocycles. The molecule has 0 radical (unpaired) electrons. The molecule has 2 N–H and O–H groups in total. The molecule has 2 aliphatic carbocycles. The standard InChI is InChI=1S/C20H31N3S/c1-22(2)11-6-12-23(15-16-7-4-3-5-8-16)20(24)21-19-14-17-9-10-18(19)13-17/h3-5,7-8,17-19H,6,9-15H2,1-2H3,(H,21,24)/p+1/t17-,18-,19-/m1/s1. The van der Waals surface area contributed by atoms with E-state index in [4.69, 9.17) is 12.2 Å². The minimum atomic E-state index is 0.619. The molecule has 2 bridgehead atoms. The Bertz CT molecular complexity index is 531. The Balaban J connectivity index is 1.58. The smallest absolute Gasteiger partial charge is 0.169 e. The molecule has 0 saturated heterocycles. The lowest BCUT2D eigenvalue weighted by molar-refractivity contribution is -0.858. The summed E-state index contributed by atoms with van der Waals surface area (Å²) in [6.07, 6.45) is 6.76. The minimum Gasteiger partial charge on any atom is -0.360 e. The summed E-state index contributed by atoms with van der Waals surface area (Å²) in [6.45, 7) is 3.13. The number of hydrogen-bond donors (Lipinski definition) is 2. The fourth-order valence-electron chi connectivity index (χ4n) is 4.35. The maximum absolute atomic E-state index is 5.81. The van der Waals surface area contributed by atoms with Gasteiger partial charge in [0, 0.05) is 25.6 Å². The lowest BCUT2D eigenvalue weighted by atomic mass is 9.95. The molecule has 0 aromatic heterocycles. The number of benzene rings is 1. The third-order valence-electron chi connectivity index (χ3n) is 5.66. The van der Waals surface area contributed by atoms with E-state index in [1.165, 1.54) is 49.1 Å². The first-order valence-electron chi connectivity index (χ1n) is 9.50. The van der Waals surface area contributed by atoms with Gasteiger partial charge in [-0.15, -0.1) is 0 Å². The molecule has 4 heteroatoms. The Morgan fingerprint density at radius 1 is 1.21 bits per heavy atom. The van der Waals surface area contributed by atoms with Crippen molar-refractivity contribution in [3.63, 3.8) is 0 Å². The molecule has 2 fully saturated rings. The van der Waals surface area contributed by atoms with Crippen molar-refractivity contribution < 1.29 is 4.90 Å². The van der Waals surface area contributed by atoms with Crippen molar-refractivity contribution in [1.29, 1.82) is 0 Å². The highest BCUT2D eigenvalue weighted by Crippen LogP contribution is 2.44. The van der Waals surface area contributed by atoms with Crippen molar-refractivity contribution in [2.24, 2.45) is 11.8 Å². The molecule has 0 amide bonds. The van der Waals surface area contributed by atoms with E-state index in [0.29, 0.717) is 6.04 Å². The number of hydrogen-bond acceptors (Lipinski definition) is 1. The van der Waals surface area contributed by atoms with Crippen LogP contribution in [0, 0.1) is 11.8 Å². The summed E-state index contributed by atoms with van der Waals surface area (Å²) in [7, 11) is 4.43. The Hall–Kier alpha value is -1.13. The van der Waals surface area contributed by atoms with Crippen LogP contribution in [0.15, 0.2) is 30.3 Å². The summed E-state index contributed by atoms with van der Waals surface area (Å²) in [6, 6.07) is 11.3. The van der Waals surface area contributed by atoms with Gasteiger partial charge in [0.25, 0.3) is 0 Å². The second-order valence-electron chi connectivity index (χ2n) is 7.95. The molecule has 0 spiro atoms. The molecule has 1 aromatic carbocycles. The zero-order valence-corrected chi connectivity index (χ0v) is 15.9. The normalized spacial score (nSPS) is 25.2. The average Bonchev–Trinajstić information content (AvgIpc) is 3.17. The molecule has 3 atom stereocenters. The highest BCUT2D eigenvalue weighted by molar-refractivity contribution is 7.80. The molecule has 1 aromatic rings. The third kappa shape index (κ3) is 4.70. The van der Waals surface area contributed by atoms with Crippen molar-refractivity contribution in [1.82, 2.24) is 10.2 Å². The predicted molar refractivity (Wildman–Crippen MR) is 104 cm³/mol. The van der Waals surface area contributed by atoms with Crippen LogP contribution < -0.4 is 10.2 Å². The molecule has 2 saturated carbocycles. The van der Waals surface area contributed by atoms with Gasteiger partial charge in [-0.3, -0.25) is 0 Å². The van der Waals surface area contributed by atoms with Gasteiger partial charge in [0.2, 0.25) is 0 Å². The monoisotopic (exact) mass is 346 g/mol. The van der Waals surface area contributed by atoms with Crippen LogP contribution in [0.5, 0.6) is 0 Å². The Labute approximate surface area is 152 Å². The van der Waals surface area contributed by atoms with Crippen molar-refractivity contribution in [2.45, 2.75) is 44.7 Å². The first-order chi connectivity index (χ1) is 11.6. The van der Waals surface area contributed by atoms with Crippen molar-refractivity contribution >= 4 is 17.3 Å². The molecule has 24 heavy (non-hydrogen) atoms. The molecule has 0 heterocycles. The van der Waals surface area contributed by atoms with E-state index in [1.54, 1.807) is 0 Å². The number of rotatable bonds is 7. The van der Waals surface area contributed by atoms with Gasteiger partial charge in [0.05, 0.1) is 20.6 Å². The topological polar surface area (TPSA) is 19.7 Å². The molecular formula is C20H32N3S+. The fourth-order valence-corrected chi connectivity index (χ4v) is 4.66. The zero-order valence-electron chi connectivity index (χ0n) is 15.1. The van der Waals surface area contributed by atoms with Crippen LogP contribution in [0.4, 0.5) is 0 Å². The van der Waals surface area contributed by atoms with Crippen LogP contribution in [0.25, 0.3) is 0 Å². The van der Waals surface area contributed by atoms with E-state index >= 15 is 0 Å². The van der Waals surface area contributed by atoms with Gasteiger partial charge >= 0.3 is 0 Å². The Morgan fingerprint density at radius 3 is 2.62 bits per heavy atom. The fraction of sp³-hybridized carbons (Fsp3) is 0.650. The van der Waals surface area contributed by atoms with Gasteiger partial charge in [-0.1, -0.05) is 36.8 Å². The summed E-state index contributed by atoms with van der Waals surface area (Å²) >= 11 is 5.81. The molecule has 132 valence electrons. The molecule has 3 rings (SSSR count). The second kappa shape index (κ2) is 8.30. The van der Waals surface area contributed by atoms with Crippen LogP contribution in [0.1, 0.15) is 37.7 Å². The van der Waals surface area contributed by atoms with Gasteiger partial charge < -0.3 is 15.1 Å². The number of fused-ring (bicyclic) bond motifs is 2. The van der Waals surface area contributed by atoms with Gasteiger partial charge in [-0.2, -0.15) is 0 Å². The number of thiocarbonyl (C=S) groups is 1. The van der Waals surface area contributed by atoms with Crippen LogP contribution in [0.2, 0.25) is 0 Å². The van der Waals surface area contributed by atoms with Crippen LogP contribution >= 0.6 is 12.2 Å². The molecule has 3 nitrogen and oxygen atoms in total. The highest BCUT2D eigenvalue weighted by atomic mass is 32.1. The summed E-state index contributed by atoms with van der Waals surface area (Å²) in [5.41, 5.74) is 1.34. The third-order valence-corrected chi connectivity index (χ3v) is 6.03. The van der Waals surface area contributed by atoms with E-state index in [-0.39, 0.29) is 0 Å². The first-order valence-corrected chi connectivity index (χ1v) is 9.91. The van der Waals surface area contributed by atoms with Gasteiger partial charge in [-0.05, 0) is 48.9 Å². The molecule has 2 aliphatic rings. The van der Waals surface area contributed by atoms with Gasteiger partial charge in [0.1, 0.15) is 0 Å². The van der Waals surface area contributed by atoms with Crippen LogP contribution in [0.3, 0.4) is 0 Å². The number of nitrogens with one attached hydrogen (secondary N) is 2. The van der Waals surface area contributed by atoms with Crippen molar-refractivity contribution in [2.75, 3.05) is 27.2 Å². The van der Waals surface area contributed by atoms with E-state index in [2.05, 4.69) is 54.6 Å². The second-order valence-corrected chi connectivity index (χ2v) is 8.34. The molecule has 0 unspecified atom stereocenters. The summed E-state index contributed by atoms with van der Waals surface area (Å²) in [5, 5.41) is 4.68. The van der Waals surface area contributed by atoms with Crippen LogP contribution in [-0.2, 0) is 6.54 Å². The van der Waals surface area contributed by atoms with Crippen LogP contribution in [-0.4, -0.2) is 43.2 Å². The maximum atomic E-state index is 5.81. The quantitative estimate of drug-likeness (QED) is 0.738. The van der Waals surface area contributed by atoms with Gasteiger partial charge in [0.15, 0.2) is 5.11 Å². The van der Waals surface area contributed by atoms with Gasteiger partial charge in [-0.25, -0.2) is 0 Å². The summed E-state index contributed by atoms with van der Waals surface area (Å²) in [5.74, 6) is 1.81. The van der Waals surface area contributed by atoms with E-state index < -0.39 is 0 Å². The van der Waals surface area contributed by atoms with E-state index in [9.17, 15) is 0 Å². The maximum Gasteiger partial charge on any atom is 0.169 e. The highest BCUT2D eigenvalue weighted by Gasteiger charge is 2.40. The predicted octanol–water partition coefficient (Wildman–Crippen LogP) is 2.09. The van der Waals surface area contributed by atoms with Crippen molar-refractivity contribution in [3.8, 4) is 0 Å². The van der Waals surface area contributed by atoms with E-state index in [1.807, 2.05) is 0 Å². The minimum absolute atomic E-state index is 0.619. The lowest BCUT2D eigenvalue weighted by Gasteiger charge is -2.31.